The number of nitrogens with zero attached hydrogens (tertiary/aromatic N) is 3. The molecule has 1 aromatic heterocycles. The van der Waals surface area contributed by atoms with Gasteiger partial charge in [-0.15, -0.1) is 0 Å². The molecule has 2 aromatic carbocycles. The Balaban J connectivity index is 1.42. The van der Waals surface area contributed by atoms with Crippen molar-refractivity contribution in [3.8, 4) is 0 Å². The largest absolute Gasteiger partial charge is 0.354 e. The van der Waals surface area contributed by atoms with Crippen molar-refractivity contribution in [1.82, 2.24) is 15.3 Å². The van der Waals surface area contributed by atoms with E-state index < -0.39 is 11.6 Å². The molecule has 32 heavy (non-hydrogen) atoms. The highest BCUT2D eigenvalue weighted by Gasteiger charge is 2.28. The highest BCUT2D eigenvalue weighted by molar-refractivity contribution is 7.99. The normalized spacial score (nSPS) is 16.1. The first-order valence-electron chi connectivity index (χ1n) is 10.5. The minimum absolute atomic E-state index is 0.0870. The molecule has 0 saturated carbocycles. The van der Waals surface area contributed by atoms with Gasteiger partial charge >= 0.3 is 0 Å². The van der Waals surface area contributed by atoms with Gasteiger partial charge in [0.15, 0.2) is 5.82 Å². The van der Waals surface area contributed by atoms with Crippen LogP contribution in [0.1, 0.15) is 24.0 Å². The maximum atomic E-state index is 13.4. The first-order chi connectivity index (χ1) is 15.5. The van der Waals surface area contributed by atoms with Crippen LogP contribution in [-0.4, -0.2) is 29.0 Å². The number of benzene rings is 2. The number of hydrogen-bond acceptors (Lipinski definition) is 5. The third-order valence-electron chi connectivity index (χ3n) is 5.36. The molecule has 1 aliphatic heterocycles. The number of hydrogen-bond donors (Lipinski definition) is 1. The quantitative estimate of drug-likeness (QED) is 0.583. The lowest BCUT2D eigenvalue weighted by molar-refractivity contribution is -0.125. The van der Waals surface area contributed by atoms with Gasteiger partial charge in [0.25, 0.3) is 0 Å². The molecule has 0 unspecified atom stereocenters. The molecule has 1 N–H and O–H groups in total. The lowest BCUT2D eigenvalue weighted by atomic mass is 9.97. The number of aryl methyl sites for hydroxylation is 1. The second-order valence-corrected chi connectivity index (χ2v) is 8.94. The molecule has 2 heterocycles. The molecule has 166 valence electrons. The Bertz CT molecular complexity index is 1070. The molecule has 5 nitrogen and oxygen atoms in total. The summed E-state index contributed by atoms with van der Waals surface area (Å²) in [6, 6.07) is 11.5. The van der Waals surface area contributed by atoms with Crippen LogP contribution in [0.4, 0.5) is 14.6 Å². The molecule has 1 atom stereocenters. The number of nitrogens with one attached hydrogen (secondary N) is 1. The zero-order valence-corrected chi connectivity index (χ0v) is 18.5. The van der Waals surface area contributed by atoms with E-state index >= 15 is 0 Å². The van der Waals surface area contributed by atoms with Crippen LogP contribution in [0.3, 0.4) is 0 Å². The molecular formula is C24H24F2N4OS. The molecule has 1 saturated heterocycles. The number of rotatable bonds is 6. The van der Waals surface area contributed by atoms with Crippen molar-refractivity contribution in [2.45, 2.75) is 36.2 Å². The van der Waals surface area contributed by atoms with Crippen LogP contribution < -0.4 is 10.2 Å². The van der Waals surface area contributed by atoms with Gasteiger partial charge in [-0.05, 0) is 49.6 Å². The number of aromatic nitrogens is 2. The van der Waals surface area contributed by atoms with Crippen molar-refractivity contribution in [2.75, 3.05) is 18.0 Å². The summed E-state index contributed by atoms with van der Waals surface area (Å²) in [5, 5.41) is 3.61. The highest BCUT2D eigenvalue weighted by atomic mass is 32.2. The summed E-state index contributed by atoms with van der Waals surface area (Å²) in [5.41, 5.74) is 1.59. The van der Waals surface area contributed by atoms with E-state index in [-0.39, 0.29) is 18.4 Å². The van der Waals surface area contributed by atoms with Crippen LogP contribution >= 0.6 is 11.8 Å². The van der Waals surface area contributed by atoms with E-state index in [1.165, 1.54) is 17.7 Å². The standard InChI is InChI=1S/C24H24F2N4OS/c1-16-4-6-21(7-5-16)32-24-22(27-8-9-28-24)30-10-2-3-18(15-30)23(31)29-14-17-11-19(25)13-20(26)12-17/h4-9,11-13,18H,2-3,10,14-15H2,1H3,(H,29,31)/t18-/m1/s1. The Labute approximate surface area is 190 Å². The van der Waals surface area contributed by atoms with Crippen LogP contribution in [0.15, 0.2) is 64.8 Å². The molecule has 8 heteroatoms. The number of anilines is 1. The molecule has 1 amide bonds. The minimum atomic E-state index is -0.653. The Morgan fingerprint density at radius 3 is 2.59 bits per heavy atom. The fourth-order valence-corrected chi connectivity index (χ4v) is 4.64. The van der Waals surface area contributed by atoms with Crippen LogP contribution in [-0.2, 0) is 11.3 Å². The predicted molar refractivity (Wildman–Crippen MR) is 120 cm³/mol. The molecule has 3 aromatic rings. The minimum Gasteiger partial charge on any atom is -0.354 e. The highest BCUT2D eigenvalue weighted by Crippen LogP contribution is 2.34. The fourth-order valence-electron chi connectivity index (χ4n) is 3.75. The molecule has 4 rings (SSSR count). The van der Waals surface area contributed by atoms with Crippen LogP contribution in [0.2, 0.25) is 0 Å². The number of piperidine rings is 1. The van der Waals surface area contributed by atoms with Gasteiger partial charge in [0.05, 0.1) is 5.92 Å². The summed E-state index contributed by atoms with van der Waals surface area (Å²) in [6.07, 6.45) is 4.93. The summed E-state index contributed by atoms with van der Waals surface area (Å²) in [4.78, 5) is 25.0. The van der Waals surface area contributed by atoms with E-state index in [0.29, 0.717) is 12.1 Å². The Morgan fingerprint density at radius 1 is 1.12 bits per heavy atom. The van der Waals surface area contributed by atoms with Gasteiger partial charge in [-0.3, -0.25) is 4.79 Å². The van der Waals surface area contributed by atoms with Crippen LogP contribution in [0.25, 0.3) is 0 Å². The molecule has 1 fully saturated rings. The van der Waals surface area contributed by atoms with Crippen LogP contribution in [0, 0.1) is 24.5 Å². The van der Waals surface area contributed by atoms with Crippen molar-refractivity contribution in [3.63, 3.8) is 0 Å². The Hall–Kier alpha value is -3.00. The fraction of sp³-hybridized carbons (Fsp3) is 0.292. The van der Waals surface area contributed by atoms with Gasteiger partial charge in [-0.25, -0.2) is 18.7 Å². The summed E-state index contributed by atoms with van der Waals surface area (Å²) in [7, 11) is 0. The van der Waals surface area contributed by atoms with Crippen molar-refractivity contribution >= 4 is 23.5 Å². The summed E-state index contributed by atoms with van der Waals surface area (Å²) in [5.74, 6) is -0.904. The maximum absolute atomic E-state index is 13.4. The third-order valence-corrected chi connectivity index (χ3v) is 6.35. The lowest BCUT2D eigenvalue weighted by Crippen LogP contribution is -2.43. The zero-order valence-electron chi connectivity index (χ0n) is 17.7. The first kappa shape index (κ1) is 22.2. The second-order valence-electron chi connectivity index (χ2n) is 7.88. The average molecular weight is 455 g/mol. The molecule has 0 radical (unpaired) electrons. The number of carbonyl (C=O) groups is 1. The molecule has 0 spiro atoms. The van der Waals surface area contributed by atoms with Crippen molar-refractivity contribution in [2.24, 2.45) is 5.92 Å². The number of halogens is 2. The van der Waals surface area contributed by atoms with Gasteiger partial charge in [-0.1, -0.05) is 29.5 Å². The molecule has 1 aliphatic rings. The van der Waals surface area contributed by atoms with Crippen LogP contribution in [0.5, 0.6) is 0 Å². The van der Waals surface area contributed by atoms with E-state index in [1.54, 1.807) is 24.2 Å². The second kappa shape index (κ2) is 10.1. The van der Waals surface area contributed by atoms with Gasteiger partial charge in [-0.2, -0.15) is 0 Å². The monoisotopic (exact) mass is 454 g/mol. The molecule has 0 bridgehead atoms. The topological polar surface area (TPSA) is 58.1 Å². The maximum Gasteiger partial charge on any atom is 0.225 e. The van der Waals surface area contributed by atoms with Gasteiger partial charge in [0.1, 0.15) is 16.7 Å². The van der Waals surface area contributed by atoms with E-state index in [4.69, 9.17) is 0 Å². The SMILES string of the molecule is Cc1ccc(Sc2nccnc2N2CCC[C@@H](C(=O)NCc3cc(F)cc(F)c3)C2)cc1. The van der Waals surface area contributed by atoms with Gasteiger partial charge in [0.2, 0.25) is 5.91 Å². The van der Waals surface area contributed by atoms with E-state index in [1.807, 2.05) is 6.92 Å². The zero-order chi connectivity index (χ0) is 22.5. The molecule has 0 aliphatic carbocycles. The predicted octanol–water partition coefficient (Wildman–Crippen LogP) is 4.75. The van der Waals surface area contributed by atoms with Crippen molar-refractivity contribution in [1.29, 1.82) is 0 Å². The van der Waals surface area contributed by atoms with E-state index in [0.717, 1.165) is 41.2 Å². The van der Waals surface area contributed by atoms with E-state index in [2.05, 4.69) is 44.5 Å². The lowest BCUT2D eigenvalue weighted by Gasteiger charge is -2.33. The third kappa shape index (κ3) is 5.62. The summed E-state index contributed by atoms with van der Waals surface area (Å²) < 4.78 is 26.8. The van der Waals surface area contributed by atoms with E-state index in [9.17, 15) is 13.6 Å². The smallest absolute Gasteiger partial charge is 0.225 e. The number of amides is 1. The first-order valence-corrected chi connectivity index (χ1v) is 11.3. The Kier molecular flexibility index (Phi) is 6.99. The summed E-state index contributed by atoms with van der Waals surface area (Å²) >= 11 is 1.55. The average Bonchev–Trinajstić information content (AvgIpc) is 2.79. The van der Waals surface area contributed by atoms with Gasteiger partial charge in [0, 0.05) is 43.0 Å². The summed E-state index contributed by atoms with van der Waals surface area (Å²) in [6.45, 7) is 3.44. The number of carbonyl (C=O) groups excluding carboxylic acids is 1. The van der Waals surface area contributed by atoms with Gasteiger partial charge < -0.3 is 10.2 Å². The van der Waals surface area contributed by atoms with Crippen molar-refractivity contribution in [3.05, 3.63) is 77.6 Å². The van der Waals surface area contributed by atoms with Crippen molar-refractivity contribution < 1.29 is 13.6 Å². The molecular weight excluding hydrogens is 430 g/mol. The Morgan fingerprint density at radius 2 is 1.84 bits per heavy atom.